The predicted molar refractivity (Wildman–Crippen MR) is 105 cm³/mol. The Morgan fingerprint density at radius 3 is 2.86 bits per heavy atom. The van der Waals surface area contributed by atoms with Gasteiger partial charge in [-0.15, -0.1) is 0 Å². The highest BCUT2D eigenvalue weighted by Gasteiger charge is 2.40. The molecule has 0 unspecified atom stereocenters. The summed E-state index contributed by atoms with van der Waals surface area (Å²) in [6.07, 6.45) is 5.46. The quantitative estimate of drug-likeness (QED) is 0.756. The summed E-state index contributed by atoms with van der Waals surface area (Å²) in [7, 11) is 0. The topological polar surface area (TPSA) is 83.9 Å². The number of para-hydroxylation sites is 1. The van der Waals surface area contributed by atoms with Crippen molar-refractivity contribution in [2.45, 2.75) is 57.7 Å². The molecule has 1 N–H and O–H groups in total. The third kappa shape index (κ3) is 2.82. The number of carbonyl (C=O) groups is 1. The summed E-state index contributed by atoms with van der Waals surface area (Å²) in [6.45, 7) is 2.37. The van der Waals surface area contributed by atoms with Crippen LogP contribution >= 0.6 is 0 Å². The Balaban J connectivity index is 1.36. The van der Waals surface area contributed by atoms with Crippen LogP contribution in [-0.4, -0.2) is 42.6 Å². The molecule has 2 aliphatic rings. The van der Waals surface area contributed by atoms with Crippen LogP contribution in [-0.2, 0) is 24.2 Å². The van der Waals surface area contributed by atoms with Crippen molar-refractivity contribution in [3.8, 4) is 0 Å². The molecule has 2 aromatic heterocycles. The highest BCUT2D eigenvalue weighted by Crippen LogP contribution is 2.33. The number of H-pyrrole nitrogens is 1. The molecule has 1 fully saturated rings. The van der Waals surface area contributed by atoms with E-state index in [-0.39, 0.29) is 23.6 Å². The second-order valence-corrected chi connectivity index (χ2v) is 7.85. The Bertz CT molecular complexity index is 1120. The van der Waals surface area contributed by atoms with E-state index in [1.807, 2.05) is 47.0 Å². The molecule has 7 heteroatoms. The molecule has 1 saturated heterocycles. The van der Waals surface area contributed by atoms with Crippen molar-refractivity contribution in [1.29, 1.82) is 0 Å². The van der Waals surface area contributed by atoms with Crippen LogP contribution in [0.5, 0.6) is 0 Å². The van der Waals surface area contributed by atoms with Gasteiger partial charge in [0.2, 0.25) is 5.91 Å². The summed E-state index contributed by atoms with van der Waals surface area (Å²) in [5.41, 5.74) is 2.62. The molecule has 3 aromatic rings. The van der Waals surface area contributed by atoms with Gasteiger partial charge in [-0.25, -0.2) is 4.98 Å². The second kappa shape index (κ2) is 6.58. The maximum Gasteiger partial charge on any atom is 0.254 e. The van der Waals surface area contributed by atoms with E-state index in [1.54, 1.807) is 0 Å². The lowest BCUT2D eigenvalue weighted by Crippen LogP contribution is -2.42. The normalized spacial score (nSPS) is 21.0. The van der Waals surface area contributed by atoms with Gasteiger partial charge in [0, 0.05) is 42.3 Å². The first-order valence-electron chi connectivity index (χ1n) is 9.90. The monoisotopic (exact) mass is 377 g/mol. The SMILES string of the molecule is Cc1nc2c(c(=O)[nH]1)C[C@@H]1CC[C@@H](C2)N1C(=O)CCn1ncc2ccccc21. The number of aromatic nitrogens is 4. The van der Waals surface area contributed by atoms with E-state index < -0.39 is 0 Å². The summed E-state index contributed by atoms with van der Waals surface area (Å²) in [4.78, 5) is 34.9. The molecule has 1 amide bonds. The van der Waals surface area contributed by atoms with E-state index in [1.165, 1.54) is 0 Å². The van der Waals surface area contributed by atoms with Crippen LogP contribution in [0.25, 0.3) is 10.9 Å². The van der Waals surface area contributed by atoms with Gasteiger partial charge in [-0.3, -0.25) is 14.3 Å². The average molecular weight is 377 g/mol. The molecule has 7 nitrogen and oxygen atoms in total. The van der Waals surface area contributed by atoms with Gasteiger partial charge < -0.3 is 9.88 Å². The average Bonchev–Trinajstić information content (AvgIpc) is 3.21. The maximum atomic E-state index is 13.1. The highest BCUT2D eigenvalue weighted by molar-refractivity contribution is 5.79. The van der Waals surface area contributed by atoms with Crippen LogP contribution in [0.4, 0.5) is 0 Å². The molecule has 28 heavy (non-hydrogen) atoms. The van der Waals surface area contributed by atoms with Crippen LogP contribution in [0.1, 0.15) is 36.3 Å². The molecule has 144 valence electrons. The molecular weight excluding hydrogens is 354 g/mol. The van der Waals surface area contributed by atoms with E-state index in [4.69, 9.17) is 0 Å². The lowest BCUT2D eigenvalue weighted by Gasteiger charge is -2.28. The molecule has 1 aromatic carbocycles. The largest absolute Gasteiger partial charge is 0.336 e. The smallest absolute Gasteiger partial charge is 0.254 e. The zero-order chi connectivity index (χ0) is 19.3. The van der Waals surface area contributed by atoms with Crippen LogP contribution in [0, 0.1) is 6.92 Å². The molecule has 2 atom stereocenters. The van der Waals surface area contributed by atoms with Crippen molar-refractivity contribution in [2.75, 3.05) is 0 Å². The Labute approximate surface area is 162 Å². The van der Waals surface area contributed by atoms with Crippen LogP contribution < -0.4 is 5.56 Å². The van der Waals surface area contributed by atoms with E-state index in [0.29, 0.717) is 31.6 Å². The number of nitrogens with one attached hydrogen (secondary N) is 1. The number of carbonyl (C=O) groups excluding carboxylic acids is 1. The molecule has 0 aliphatic carbocycles. The van der Waals surface area contributed by atoms with Crippen molar-refractivity contribution in [3.63, 3.8) is 0 Å². The zero-order valence-electron chi connectivity index (χ0n) is 15.9. The highest BCUT2D eigenvalue weighted by atomic mass is 16.2. The molecule has 0 radical (unpaired) electrons. The third-order valence-corrected chi connectivity index (χ3v) is 6.08. The van der Waals surface area contributed by atoms with Gasteiger partial charge in [0.05, 0.1) is 24.0 Å². The predicted octanol–water partition coefficient (Wildman–Crippen LogP) is 1.98. The van der Waals surface area contributed by atoms with Crippen LogP contribution in [0.3, 0.4) is 0 Å². The van der Waals surface area contributed by atoms with Gasteiger partial charge in [0.1, 0.15) is 5.82 Å². The van der Waals surface area contributed by atoms with Crippen molar-refractivity contribution in [2.24, 2.45) is 0 Å². The third-order valence-electron chi connectivity index (χ3n) is 6.08. The zero-order valence-corrected chi connectivity index (χ0v) is 15.9. The van der Waals surface area contributed by atoms with Gasteiger partial charge in [-0.2, -0.15) is 5.10 Å². The Kier molecular flexibility index (Phi) is 4.03. The fourth-order valence-corrected chi connectivity index (χ4v) is 4.81. The molecule has 4 heterocycles. The minimum Gasteiger partial charge on any atom is -0.336 e. The fraction of sp³-hybridized carbons (Fsp3) is 0.429. The van der Waals surface area contributed by atoms with Crippen molar-refractivity contribution in [1.82, 2.24) is 24.6 Å². The number of hydrogen-bond acceptors (Lipinski definition) is 4. The molecule has 0 saturated carbocycles. The summed E-state index contributed by atoms with van der Waals surface area (Å²) < 4.78 is 1.90. The Morgan fingerprint density at radius 1 is 1.21 bits per heavy atom. The van der Waals surface area contributed by atoms with Crippen LogP contribution in [0.15, 0.2) is 35.3 Å². The number of rotatable bonds is 3. The van der Waals surface area contributed by atoms with Gasteiger partial charge in [-0.1, -0.05) is 18.2 Å². The summed E-state index contributed by atoms with van der Waals surface area (Å²) in [5, 5.41) is 5.51. The number of benzene rings is 1. The Morgan fingerprint density at radius 2 is 2.00 bits per heavy atom. The minimum absolute atomic E-state index is 0.0505. The first-order valence-corrected chi connectivity index (χ1v) is 9.90. The number of fused-ring (bicyclic) bond motifs is 4. The number of nitrogens with zero attached hydrogens (tertiary/aromatic N) is 4. The molecule has 5 rings (SSSR count). The van der Waals surface area contributed by atoms with Crippen LogP contribution in [0.2, 0.25) is 0 Å². The lowest BCUT2D eigenvalue weighted by atomic mass is 9.98. The number of aryl methyl sites for hydroxylation is 2. The van der Waals surface area contributed by atoms with E-state index in [2.05, 4.69) is 15.1 Å². The maximum absolute atomic E-state index is 13.1. The standard InChI is InChI=1S/C21H23N5O2/c1-13-23-18-11-16-7-6-15(10-17(18)21(28)24-13)26(16)20(27)8-9-25-19-5-3-2-4-14(19)12-22-25/h2-5,12,15-16H,6-11H2,1H3,(H,23,24,28)/t15-,16-/m0/s1. The Hall–Kier alpha value is -2.96. The van der Waals surface area contributed by atoms with E-state index in [9.17, 15) is 9.59 Å². The number of amides is 1. The summed E-state index contributed by atoms with van der Waals surface area (Å²) in [5.74, 6) is 0.790. The minimum atomic E-state index is -0.0505. The molecule has 0 spiro atoms. The summed E-state index contributed by atoms with van der Waals surface area (Å²) in [6, 6.07) is 8.27. The first-order chi connectivity index (χ1) is 13.6. The molecule has 2 bridgehead atoms. The molecular formula is C21H23N5O2. The van der Waals surface area contributed by atoms with Gasteiger partial charge in [-0.05, 0) is 25.8 Å². The van der Waals surface area contributed by atoms with Gasteiger partial charge in [0.25, 0.3) is 5.56 Å². The number of aromatic amines is 1. The number of hydrogen-bond donors (Lipinski definition) is 1. The van der Waals surface area contributed by atoms with Gasteiger partial charge in [0.15, 0.2) is 0 Å². The van der Waals surface area contributed by atoms with Crippen molar-refractivity contribution >= 4 is 16.8 Å². The van der Waals surface area contributed by atoms with Crippen molar-refractivity contribution < 1.29 is 4.79 Å². The fourth-order valence-electron chi connectivity index (χ4n) is 4.81. The van der Waals surface area contributed by atoms with E-state index >= 15 is 0 Å². The van der Waals surface area contributed by atoms with E-state index in [0.717, 1.165) is 35.0 Å². The van der Waals surface area contributed by atoms with Gasteiger partial charge >= 0.3 is 0 Å². The van der Waals surface area contributed by atoms with Crippen molar-refractivity contribution in [3.05, 3.63) is 57.9 Å². The second-order valence-electron chi connectivity index (χ2n) is 7.85. The lowest BCUT2D eigenvalue weighted by molar-refractivity contribution is -0.134. The molecule has 2 aliphatic heterocycles. The first kappa shape index (κ1) is 17.2. The summed E-state index contributed by atoms with van der Waals surface area (Å²) >= 11 is 0.